The van der Waals surface area contributed by atoms with Gasteiger partial charge in [0.2, 0.25) is 5.89 Å². The smallest absolute Gasteiger partial charge is 0.229 e. The lowest BCUT2D eigenvalue weighted by molar-refractivity contribution is 0.362. The Balaban J connectivity index is 1.91. The fourth-order valence-electron chi connectivity index (χ4n) is 1.78. The zero-order valence-corrected chi connectivity index (χ0v) is 13.9. The number of nitrogens with one attached hydrogen (secondary N) is 1. The van der Waals surface area contributed by atoms with Crippen molar-refractivity contribution < 1.29 is 4.52 Å². The van der Waals surface area contributed by atoms with Gasteiger partial charge in [-0.25, -0.2) is 0 Å². The van der Waals surface area contributed by atoms with E-state index in [1.54, 1.807) is 11.8 Å². The van der Waals surface area contributed by atoms with Crippen molar-refractivity contribution in [3.63, 3.8) is 0 Å². The first kappa shape index (κ1) is 16.0. The van der Waals surface area contributed by atoms with E-state index >= 15 is 0 Å². The minimum Gasteiger partial charge on any atom is -0.339 e. The molecule has 0 saturated carbocycles. The molecule has 4 nitrogen and oxygen atoms in total. The van der Waals surface area contributed by atoms with Crippen LogP contribution in [0.1, 0.15) is 50.9 Å². The van der Waals surface area contributed by atoms with E-state index in [0.717, 1.165) is 18.1 Å². The SMILES string of the molecule is CC(C)NCc1cccc(SCc2noc(C(C)C)n2)c1. The van der Waals surface area contributed by atoms with Crippen LogP contribution in [0.5, 0.6) is 0 Å². The Morgan fingerprint density at radius 3 is 2.71 bits per heavy atom. The van der Waals surface area contributed by atoms with E-state index in [9.17, 15) is 0 Å². The number of aromatic nitrogens is 2. The summed E-state index contributed by atoms with van der Waals surface area (Å²) in [6.45, 7) is 9.30. The summed E-state index contributed by atoms with van der Waals surface area (Å²) in [4.78, 5) is 5.63. The van der Waals surface area contributed by atoms with Crippen LogP contribution in [0.15, 0.2) is 33.7 Å². The van der Waals surface area contributed by atoms with E-state index in [4.69, 9.17) is 4.52 Å². The first-order valence-electron chi connectivity index (χ1n) is 7.32. The van der Waals surface area contributed by atoms with Crippen molar-refractivity contribution in [1.29, 1.82) is 0 Å². The molecule has 2 rings (SSSR count). The zero-order chi connectivity index (χ0) is 15.2. The van der Waals surface area contributed by atoms with Gasteiger partial charge in [0.15, 0.2) is 5.82 Å². The maximum Gasteiger partial charge on any atom is 0.229 e. The van der Waals surface area contributed by atoms with E-state index in [0.29, 0.717) is 11.9 Å². The molecule has 0 fully saturated rings. The molecule has 1 heterocycles. The van der Waals surface area contributed by atoms with E-state index in [-0.39, 0.29) is 5.92 Å². The second kappa shape index (κ2) is 7.61. The van der Waals surface area contributed by atoms with Gasteiger partial charge >= 0.3 is 0 Å². The van der Waals surface area contributed by atoms with Gasteiger partial charge in [-0.2, -0.15) is 4.98 Å². The third kappa shape index (κ3) is 5.17. The van der Waals surface area contributed by atoms with Crippen LogP contribution in [-0.4, -0.2) is 16.2 Å². The van der Waals surface area contributed by atoms with E-state index in [1.807, 2.05) is 0 Å². The monoisotopic (exact) mass is 305 g/mol. The Morgan fingerprint density at radius 2 is 2.05 bits per heavy atom. The predicted octanol–water partition coefficient (Wildman–Crippen LogP) is 3.98. The maximum absolute atomic E-state index is 5.22. The van der Waals surface area contributed by atoms with Gasteiger partial charge in [0.05, 0.1) is 5.75 Å². The van der Waals surface area contributed by atoms with Gasteiger partial charge < -0.3 is 9.84 Å². The molecule has 21 heavy (non-hydrogen) atoms. The molecule has 2 aromatic rings. The highest BCUT2D eigenvalue weighted by Gasteiger charge is 2.10. The molecule has 0 aliphatic heterocycles. The Kier molecular flexibility index (Phi) is 5.82. The standard InChI is InChI=1S/C16H23N3OS/c1-11(2)16-18-15(19-20-16)10-21-14-7-5-6-13(8-14)9-17-12(3)4/h5-8,11-12,17H,9-10H2,1-4H3. The van der Waals surface area contributed by atoms with E-state index in [2.05, 4.69) is 67.4 Å². The number of benzene rings is 1. The zero-order valence-electron chi connectivity index (χ0n) is 13.1. The molecular weight excluding hydrogens is 282 g/mol. The molecule has 0 radical (unpaired) electrons. The second-order valence-electron chi connectivity index (χ2n) is 5.68. The third-order valence-corrected chi connectivity index (χ3v) is 3.95. The van der Waals surface area contributed by atoms with Crippen molar-refractivity contribution in [3.05, 3.63) is 41.5 Å². The highest BCUT2D eigenvalue weighted by atomic mass is 32.2. The number of nitrogens with zero attached hydrogens (tertiary/aromatic N) is 2. The molecule has 1 aromatic carbocycles. The number of rotatable bonds is 7. The van der Waals surface area contributed by atoms with Gasteiger partial charge in [-0.05, 0) is 17.7 Å². The summed E-state index contributed by atoms with van der Waals surface area (Å²) in [6.07, 6.45) is 0. The summed E-state index contributed by atoms with van der Waals surface area (Å²) >= 11 is 1.73. The largest absolute Gasteiger partial charge is 0.339 e. The first-order valence-corrected chi connectivity index (χ1v) is 8.30. The van der Waals surface area contributed by atoms with Crippen LogP contribution in [-0.2, 0) is 12.3 Å². The van der Waals surface area contributed by atoms with Crippen molar-refractivity contribution in [2.75, 3.05) is 0 Å². The van der Waals surface area contributed by atoms with Crippen LogP contribution in [0.3, 0.4) is 0 Å². The molecular formula is C16H23N3OS. The van der Waals surface area contributed by atoms with Gasteiger partial charge in [0.25, 0.3) is 0 Å². The molecule has 114 valence electrons. The molecule has 0 saturated heterocycles. The average molecular weight is 305 g/mol. The number of hydrogen-bond acceptors (Lipinski definition) is 5. The Labute approximate surface area is 130 Å². The molecule has 1 N–H and O–H groups in total. The molecule has 0 atom stereocenters. The topological polar surface area (TPSA) is 51.0 Å². The summed E-state index contributed by atoms with van der Waals surface area (Å²) in [6, 6.07) is 9.06. The molecule has 0 bridgehead atoms. The van der Waals surface area contributed by atoms with Crippen LogP contribution in [0.25, 0.3) is 0 Å². The van der Waals surface area contributed by atoms with Crippen LogP contribution in [0.2, 0.25) is 0 Å². The Bertz CT molecular complexity index is 566. The first-order chi connectivity index (χ1) is 10.0. The van der Waals surface area contributed by atoms with Crippen LogP contribution >= 0.6 is 11.8 Å². The van der Waals surface area contributed by atoms with Crippen molar-refractivity contribution in [2.24, 2.45) is 0 Å². The van der Waals surface area contributed by atoms with Crippen molar-refractivity contribution in [1.82, 2.24) is 15.5 Å². The second-order valence-corrected chi connectivity index (χ2v) is 6.72. The van der Waals surface area contributed by atoms with Crippen molar-refractivity contribution >= 4 is 11.8 Å². The van der Waals surface area contributed by atoms with Gasteiger partial charge in [0, 0.05) is 23.4 Å². The van der Waals surface area contributed by atoms with Gasteiger partial charge in [-0.1, -0.05) is 45.0 Å². The average Bonchev–Trinajstić information content (AvgIpc) is 2.92. The van der Waals surface area contributed by atoms with Gasteiger partial charge in [-0.3, -0.25) is 0 Å². The lowest BCUT2D eigenvalue weighted by Crippen LogP contribution is -2.21. The minimum absolute atomic E-state index is 0.279. The molecule has 0 aliphatic rings. The molecule has 0 unspecified atom stereocenters. The quantitative estimate of drug-likeness (QED) is 0.784. The van der Waals surface area contributed by atoms with Gasteiger partial charge in [0.1, 0.15) is 0 Å². The highest BCUT2D eigenvalue weighted by Crippen LogP contribution is 2.23. The summed E-state index contributed by atoms with van der Waals surface area (Å²) in [5.74, 6) is 2.48. The Hall–Kier alpha value is -1.33. The maximum atomic E-state index is 5.22. The fourth-order valence-corrected chi connectivity index (χ4v) is 2.60. The molecule has 0 spiro atoms. The summed E-state index contributed by atoms with van der Waals surface area (Å²) < 4.78 is 5.22. The molecule has 1 aromatic heterocycles. The number of hydrogen-bond donors (Lipinski definition) is 1. The minimum atomic E-state index is 0.279. The lowest BCUT2D eigenvalue weighted by atomic mass is 10.2. The predicted molar refractivity (Wildman–Crippen MR) is 86.4 cm³/mol. The molecule has 0 amide bonds. The Morgan fingerprint density at radius 1 is 1.24 bits per heavy atom. The lowest BCUT2D eigenvalue weighted by Gasteiger charge is -2.09. The summed E-state index contributed by atoms with van der Waals surface area (Å²) in [7, 11) is 0. The number of thioether (sulfide) groups is 1. The van der Waals surface area contributed by atoms with Crippen molar-refractivity contribution in [3.8, 4) is 0 Å². The van der Waals surface area contributed by atoms with Gasteiger partial charge in [-0.15, -0.1) is 11.8 Å². The highest BCUT2D eigenvalue weighted by molar-refractivity contribution is 7.98. The van der Waals surface area contributed by atoms with Crippen molar-refractivity contribution in [2.45, 2.75) is 56.8 Å². The normalized spacial score (nSPS) is 11.5. The van der Waals surface area contributed by atoms with E-state index in [1.165, 1.54) is 10.5 Å². The fraction of sp³-hybridized carbons (Fsp3) is 0.500. The van der Waals surface area contributed by atoms with E-state index < -0.39 is 0 Å². The molecule has 5 heteroatoms. The summed E-state index contributed by atoms with van der Waals surface area (Å²) in [5, 5.41) is 7.44. The molecule has 0 aliphatic carbocycles. The summed E-state index contributed by atoms with van der Waals surface area (Å²) in [5.41, 5.74) is 1.30. The van der Waals surface area contributed by atoms with Crippen LogP contribution in [0, 0.1) is 0 Å². The third-order valence-electron chi connectivity index (χ3n) is 2.96. The van der Waals surface area contributed by atoms with Crippen LogP contribution in [0.4, 0.5) is 0 Å². The van der Waals surface area contributed by atoms with Crippen LogP contribution < -0.4 is 5.32 Å².